The van der Waals surface area contributed by atoms with Crippen LogP contribution in [-0.4, -0.2) is 11.2 Å². The molecule has 0 aromatic carbocycles. The van der Waals surface area contributed by atoms with Gasteiger partial charge in [-0.3, -0.25) is 4.79 Å². The molecule has 0 unspecified atom stereocenters. The number of hydrazine groups is 1. The monoisotopic (exact) mass is 178 g/mol. The van der Waals surface area contributed by atoms with Crippen molar-refractivity contribution in [3.8, 4) is 0 Å². The lowest BCUT2D eigenvalue weighted by Gasteiger charge is -1.99. The number of halogens is 1. The molecule has 0 amide bonds. The molecule has 0 aliphatic heterocycles. The lowest BCUT2D eigenvalue weighted by Crippen LogP contribution is -2.26. The highest BCUT2D eigenvalue weighted by atomic mass is 35.5. The topological polar surface area (TPSA) is 81.4 Å². The first-order valence-electron chi connectivity index (χ1n) is 2.60. The highest BCUT2D eigenvalue weighted by Gasteiger charge is 2.09. The van der Waals surface area contributed by atoms with Crippen molar-refractivity contribution < 1.29 is 14.4 Å². The Balaban J connectivity index is 3.76. The summed E-state index contributed by atoms with van der Waals surface area (Å²) in [7, 11) is 0. The molecule has 11 heavy (non-hydrogen) atoms. The van der Waals surface area contributed by atoms with Gasteiger partial charge in [0.2, 0.25) is 5.24 Å². The summed E-state index contributed by atoms with van der Waals surface area (Å²) in [5.41, 5.74) is 1.63. The molecule has 0 spiro atoms. The molecule has 0 atom stereocenters. The summed E-state index contributed by atoms with van der Waals surface area (Å²) in [6.45, 7) is 3.23. The van der Waals surface area contributed by atoms with Crippen molar-refractivity contribution in [2.45, 2.75) is 6.42 Å². The predicted molar refractivity (Wildman–Crippen MR) is 38.0 cm³/mol. The highest BCUT2D eigenvalue weighted by Crippen LogP contribution is 2.02. The first-order valence-corrected chi connectivity index (χ1v) is 2.98. The smallest absolute Gasteiger partial charge is 0.331 e. The van der Waals surface area contributed by atoms with Crippen LogP contribution < -0.4 is 11.4 Å². The Morgan fingerprint density at radius 3 is 2.55 bits per heavy atom. The fourth-order valence-electron chi connectivity index (χ4n) is 0.346. The van der Waals surface area contributed by atoms with Crippen molar-refractivity contribution in [2.24, 2.45) is 5.84 Å². The van der Waals surface area contributed by atoms with Gasteiger partial charge in [-0.2, -0.15) is 0 Å². The van der Waals surface area contributed by atoms with Crippen LogP contribution in [0.3, 0.4) is 0 Å². The number of hydrogen-bond acceptors (Lipinski definition) is 5. The number of nitrogens with two attached hydrogens (primary N) is 1. The van der Waals surface area contributed by atoms with E-state index in [4.69, 9.17) is 11.6 Å². The van der Waals surface area contributed by atoms with Crippen LogP contribution >= 0.6 is 11.6 Å². The van der Waals surface area contributed by atoms with Crippen LogP contribution in [-0.2, 0) is 14.4 Å². The Bertz CT molecular complexity index is 192. The van der Waals surface area contributed by atoms with Crippen molar-refractivity contribution in [1.29, 1.82) is 0 Å². The van der Waals surface area contributed by atoms with E-state index in [0.717, 1.165) is 0 Å². The van der Waals surface area contributed by atoms with E-state index >= 15 is 0 Å². The molecule has 0 aliphatic carbocycles. The Labute approximate surface area is 68.1 Å². The van der Waals surface area contributed by atoms with Crippen molar-refractivity contribution in [3.05, 3.63) is 12.2 Å². The van der Waals surface area contributed by atoms with Gasteiger partial charge in [-0.15, -0.1) is 0 Å². The third-order valence-electron chi connectivity index (χ3n) is 0.808. The molecular weight excluding hydrogens is 172 g/mol. The van der Waals surface area contributed by atoms with Gasteiger partial charge in [0.05, 0.1) is 6.42 Å². The summed E-state index contributed by atoms with van der Waals surface area (Å²) in [5.74, 6) is 3.92. The summed E-state index contributed by atoms with van der Waals surface area (Å²) in [6.07, 6.45) is -0.271. The molecule has 0 aliphatic rings. The zero-order valence-corrected chi connectivity index (χ0v) is 6.35. The lowest BCUT2D eigenvalue weighted by molar-refractivity contribution is -0.150. The maximum atomic E-state index is 10.5. The quantitative estimate of drug-likeness (QED) is 0.266. The SMILES string of the molecule is C=C(CC(=O)ONN)C(=O)Cl. The number of hydrogen-bond donors (Lipinski definition) is 2. The van der Waals surface area contributed by atoms with Gasteiger partial charge in [0.25, 0.3) is 0 Å². The van der Waals surface area contributed by atoms with Crippen LogP contribution in [0.1, 0.15) is 6.42 Å². The summed E-state index contributed by atoms with van der Waals surface area (Å²) in [6, 6.07) is 0. The fraction of sp³-hybridized carbons (Fsp3) is 0.200. The molecule has 3 N–H and O–H groups in total. The molecule has 0 aromatic heterocycles. The molecule has 0 aromatic rings. The summed E-state index contributed by atoms with van der Waals surface area (Å²) in [4.78, 5) is 24.9. The minimum atomic E-state index is -0.765. The Morgan fingerprint density at radius 1 is 1.64 bits per heavy atom. The van der Waals surface area contributed by atoms with Crippen molar-refractivity contribution in [3.63, 3.8) is 0 Å². The van der Waals surface area contributed by atoms with Crippen LogP contribution in [0.15, 0.2) is 12.2 Å². The second-order valence-corrected chi connectivity index (χ2v) is 1.99. The third-order valence-corrected chi connectivity index (χ3v) is 1.08. The Morgan fingerprint density at radius 2 is 2.18 bits per heavy atom. The molecule has 0 saturated heterocycles. The van der Waals surface area contributed by atoms with Crippen LogP contribution in [0.25, 0.3) is 0 Å². The Hall–Kier alpha value is -0.910. The first kappa shape index (κ1) is 10.1. The molecule has 62 valence electrons. The van der Waals surface area contributed by atoms with E-state index in [1.54, 1.807) is 5.59 Å². The maximum Gasteiger partial charge on any atom is 0.331 e. The van der Waals surface area contributed by atoms with E-state index in [9.17, 15) is 9.59 Å². The normalized spacial score (nSPS) is 8.91. The van der Waals surface area contributed by atoms with Crippen molar-refractivity contribution in [1.82, 2.24) is 5.59 Å². The second kappa shape index (κ2) is 4.84. The van der Waals surface area contributed by atoms with Gasteiger partial charge in [0, 0.05) is 5.57 Å². The standard InChI is InChI=1S/C5H7ClN2O3/c1-3(5(6)10)2-4(9)11-8-7/h8H,1-2,7H2. The maximum absolute atomic E-state index is 10.5. The minimum Gasteiger partial charge on any atom is -0.356 e. The van der Waals surface area contributed by atoms with E-state index in [-0.39, 0.29) is 12.0 Å². The van der Waals surface area contributed by atoms with Gasteiger partial charge >= 0.3 is 5.97 Å². The van der Waals surface area contributed by atoms with Crippen LogP contribution in [0, 0.1) is 0 Å². The van der Waals surface area contributed by atoms with Gasteiger partial charge in [-0.05, 0) is 11.6 Å². The van der Waals surface area contributed by atoms with E-state index in [1.165, 1.54) is 0 Å². The molecule has 0 fully saturated rings. The molecule has 0 bridgehead atoms. The van der Waals surface area contributed by atoms with E-state index in [1.807, 2.05) is 0 Å². The zero-order valence-electron chi connectivity index (χ0n) is 5.59. The Kier molecular flexibility index (Phi) is 4.44. The van der Waals surface area contributed by atoms with Gasteiger partial charge in [-0.1, -0.05) is 12.2 Å². The van der Waals surface area contributed by atoms with Gasteiger partial charge < -0.3 is 4.84 Å². The zero-order chi connectivity index (χ0) is 8.85. The molecule has 0 rings (SSSR count). The van der Waals surface area contributed by atoms with Crippen molar-refractivity contribution >= 4 is 22.8 Å². The molecule has 0 saturated carbocycles. The average molecular weight is 179 g/mol. The molecule has 6 heteroatoms. The number of carbonyl (C=O) groups excluding carboxylic acids is 2. The van der Waals surface area contributed by atoms with E-state index in [0.29, 0.717) is 0 Å². The number of nitrogens with one attached hydrogen (secondary N) is 1. The highest BCUT2D eigenvalue weighted by molar-refractivity contribution is 6.67. The van der Waals surface area contributed by atoms with E-state index < -0.39 is 11.2 Å². The van der Waals surface area contributed by atoms with Crippen LogP contribution in [0.2, 0.25) is 0 Å². The lowest BCUT2D eigenvalue weighted by atomic mass is 10.2. The van der Waals surface area contributed by atoms with Crippen LogP contribution in [0.4, 0.5) is 0 Å². The average Bonchev–Trinajstić information content (AvgIpc) is 1.87. The predicted octanol–water partition coefficient (Wildman–Crippen LogP) is -0.380. The van der Waals surface area contributed by atoms with Gasteiger partial charge in [0.15, 0.2) is 0 Å². The second-order valence-electron chi connectivity index (χ2n) is 1.65. The summed E-state index contributed by atoms with van der Waals surface area (Å²) >= 11 is 4.97. The number of carbonyl (C=O) groups is 2. The molecular formula is C5H7ClN2O3. The van der Waals surface area contributed by atoms with Gasteiger partial charge in [-0.25, -0.2) is 10.6 Å². The molecule has 5 nitrogen and oxygen atoms in total. The summed E-state index contributed by atoms with van der Waals surface area (Å²) in [5, 5.41) is -0.765. The van der Waals surface area contributed by atoms with Crippen molar-refractivity contribution in [2.75, 3.05) is 0 Å². The largest absolute Gasteiger partial charge is 0.356 e. The molecule has 0 radical (unpaired) electrons. The van der Waals surface area contributed by atoms with Crippen LogP contribution in [0.5, 0.6) is 0 Å². The van der Waals surface area contributed by atoms with Gasteiger partial charge in [0.1, 0.15) is 0 Å². The summed E-state index contributed by atoms with van der Waals surface area (Å²) < 4.78 is 0. The third kappa shape index (κ3) is 4.49. The minimum absolute atomic E-state index is 0.0353. The van der Waals surface area contributed by atoms with E-state index in [2.05, 4.69) is 17.3 Å². The first-order chi connectivity index (χ1) is 5.07. The number of rotatable bonds is 4. The molecule has 0 heterocycles. The fourth-order valence-corrected chi connectivity index (χ4v) is 0.412.